The average molecular weight is 113 g/mol. The van der Waals surface area contributed by atoms with Gasteiger partial charge < -0.3 is 0 Å². The number of nitrogens with two attached hydrogens (primary N) is 1. The molecule has 0 aromatic carbocycles. The van der Waals surface area contributed by atoms with E-state index in [-0.39, 0.29) is 0 Å². The first kappa shape index (κ1) is 5.27. The molecule has 1 aromatic rings. The van der Waals surface area contributed by atoms with Gasteiger partial charge in [-0.15, -0.1) is 0 Å². The number of nitrogens with one attached hydrogen (secondary N) is 1. The molecule has 0 saturated carbocycles. The van der Waals surface area contributed by atoms with Crippen LogP contribution in [0.4, 0.5) is 0 Å². The van der Waals surface area contributed by atoms with Crippen LogP contribution >= 0.6 is 0 Å². The van der Waals surface area contributed by atoms with Gasteiger partial charge >= 0.3 is 0 Å². The largest absolute Gasteiger partial charge is 0.298 e. The van der Waals surface area contributed by atoms with E-state index in [1.807, 2.05) is 0 Å². The number of aromatic nitrogens is 2. The van der Waals surface area contributed by atoms with Crippen LogP contribution in [0.15, 0.2) is 12.3 Å². The molecular formula is C4H7N3O. The summed E-state index contributed by atoms with van der Waals surface area (Å²) in [6.45, 7) is 0.389. The molecule has 0 spiro atoms. The van der Waals surface area contributed by atoms with Gasteiger partial charge in [0.05, 0.1) is 5.69 Å². The zero-order valence-electron chi connectivity index (χ0n) is 4.29. The Morgan fingerprint density at radius 3 is 3.25 bits per heavy atom. The van der Waals surface area contributed by atoms with E-state index in [2.05, 4.69) is 15.0 Å². The molecule has 8 heavy (non-hydrogen) atoms. The molecule has 4 heteroatoms. The minimum absolute atomic E-state index is 0.389. The first-order chi connectivity index (χ1) is 3.93. The number of H-pyrrole nitrogens is 1. The minimum Gasteiger partial charge on any atom is -0.298 e. The average Bonchev–Trinajstić information content (AvgIpc) is 2.19. The minimum atomic E-state index is 0.389. The van der Waals surface area contributed by atoms with Crippen molar-refractivity contribution < 1.29 is 4.84 Å². The molecule has 0 radical (unpaired) electrons. The number of hydrogen-bond donors (Lipinski definition) is 2. The Bertz CT molecular complexity index is 137. The van der Waals surface area contributed by atoms with E-state index in [1.165, 1.54) is 0 Å². The molecule has 0 saturated heterocycles. The molecule has 0 bridgehead atoms. The Morgan fingerprint density at radius 2 is 2.75 bits per heavy atom. The highest BCUT2D eigenvalue weighted by Crippen LogP contribution is 1.89. The molecule has 1 rings (SSSR count). The van der Waals surface area contributed by atoms with Crippen molar-refractivity contribution >= 4 is 0 Å². The van der Waals surface area contributed by atoms with Gasteiger partial charge in [-0.2, -0.15) is 5.10 Å². The predicted octanol–water partition coefficient (Wildman–Crippen LogP) is -0.200. The maximum absolute atomic E-state index is 4.77. The third kappa shape index (κ3) is 1.05. The van der Waals surface area contributed by atoms with Gasteiger partial charge in [-0.05, 0) is 6.07 Å². The third-order valence-corrected chi connectivity index (χ3v) is 0.797. The van der Waals surface area contributed by atoms with Gasteiger partial charge in [-0.3, -0.25) is 9.94 Å². The zero-order valence-corrected chi connectivity index (χ0v) is 4.29. The summed E-state index contributed by atoms with van der Waals surface area (Å²) in [6.07, 6.45) is 1.65. The Hall–Kier alpha value is -0.870. The molecule has 0 amide bonds. The lowest BCUT2D eigenvalue weighted by molar-refractivity contribution is 0.121. The van der Waals surface area contributed by atoms with Crippen molar-refractivity contribution in [2.75, 3.05) is 0 Å². The van der Waals surface area contributed by atoms with Crippen LogP contribution in [0.5, 0.6) is 0 Å². The first-order valence-corrected chi connectivity index (χ1v) is 2.23. The van der Waals surface area contributed by atoms with E-state index in [9.17, 15) is 0 Å². The predicted molar refractivity (Wildman–Crippen MR) is 27.6 cm³/mol. The van der Waals surface area contributed by atoms with Crippen LogP contribution in [0.25, 0.3) is 0 Å². The zero-order chi connectivity index (χ0) is 5.82. The summed E-state index contributed by atoms with van der Waals surface area (Å²) in [5, 5.41) is 6.36. The molecule has 44 valence electrons. The monoisotopic (exact) mass is 113 g/mol. The molecule has 1 aromatic heterocycles. The van der Waals surface area contributed by atoms with Crippen LogP contribution in [0.1, 0.15) is 5.69 Å². The number of rotatable bonds is 2. The van der Waals surface area contributed by atoms with Gasteiger partial charge in [-0.1, -0.05) is 0 Å². The highest BCUT2D eigenvalue weighted by Gasteiger charge is 1.87. The number of aromatic amines is 1. The van der Waals surface area contributed by atoms with Crippen molar-refractivity contribution in [3.05, 3.63) is 18.0 Å². The fourth-order valence-electron chi connectivity index (χ4n) is 0.455. The van der Waals surface area contributed by atoms with E-state index in [1.54, 1.807) is 12.3 Å². The summed E-state index contributed by atoms with van der Waals surface area (Å²) in [5.41, 5.74) is 0.882. The lowest BCUT2D eigenvalue weighted by Gasteiger charge is -1.88. The lowest BCUT2D eigenvalue weighted by Crippen LogP contribution is -1.98. The molecule has 0 atom stereocenters. The molecule has 3 N–H and O–H groups in total. The van der Waals surface area contributed by atoms with Crippen molar-refractivity contribution in [2.24, 2.45) is 5.90 Å². The van der Waals surface area contributed by atoms with Gasteiger partial charge in [0.25, 0.3) is 0 Å². The van der Waals surface area contributed by atoms with Gasteiger partial charge in [0.15, 0.2) is 0 Å². The van der Waals surface area contributed by atoms with Gasteiger partial charge in [0.2, 0.25) is 0 Å². The van der Waals surface area contributed by atoms with Crippen LogP contribution in [0, 0.1) is 0 Å². The smallest absolute Gasteiger partial charge is 0.109 e. The Kier molecular flexibility index (Phi) is 1.61. The Labute approximate surface area is 46.6 Å². The fourth-order valence-corrected chi connectivity index (χ4v) is 0.455. The molecule has 0 unspecified atom stereocenters. The molecule has 0 fully saturated rings. The SMILES string of the molecule is NOCc1ccn[nH]1. The summed E-state index contributed by atoms with van der Waals surface area (Å²) in [5.74, 6) is 4.77. The van der Waals surface area contributed by atoms with Crippen molar-refractivity contribution in [2.45, 2.75) is 6.61 Å². The number of nitrogens with zero attached hydrogens (tertiary/aromatic N) is 1. The molecule has 4 nitrogen and oxygen atoms in total. The topological polar surface area (TPSA) is 63.9 Å². The summed E-state index contributed by atoms with van der Waals surface area (Å²) in [4.78, 5) is 4.31. The molecule has 0 aliphatic carbocycles. The highest BCUT2D eigenvalue weighted by atomic mass is 16.6. The van der Waals surface area contributed by atoms with Gasteiger partial charge in [0.1, 0.15) is 6.61 Å². The summed E-state index contributed by atoms with van der Waals surface area (Å²) >= 11 is 0. The van der Waals surface area contributed by atoms with E-state index in [0.717, 1.165) is 5.69 Å². The maximum atomic E-state index is 4.77. The fraction of sp³-hybridized carbons (Fsp3) is 0.250. The van der Waals surface area contributed by atoms with Crippen molar-refractivity contribution in [1.82, 2.24) is 10.2 Å². The summed E-state index contributed by atoms with van der Waals surface area (Å²) < 4.78 is 0. The second-order valence-electron chi connectivity index (χ2n) is 1.39. The van der Waals surface area contributed by atoms with E-state index >= 15 is 0 Å². The van der Waals surface area contributed by atoms with Crippen LogP contribution in [0.3, 0.4) is 0 Å². The van der Waals surface area contributed by atoms with E-state index in [4.69, 9.17) is 5.90 Å². The third-order valence-electron chi connectivity index (χ3n) is 0.797. The van der Waals surface area contributed by atoms with Crippen LogP contribution in [0.2, 0.25) is 0 Å². The van der Waals surface area contributed by atoms with E-state index < -0.39 is 0 Å². The van der Waals surface area contributed by atoms with Crippen LogP contribution in [-0.4, -0.2) is 10.2 Å². The lowest BCUT2D eigenvalue weighted by atomic mass is 10.5. The Morgan fingerprint density at radius 1 is 1.88 bits per heavy atom. The normalized spacial score (nSPS) is 9.62. The quantitative estimate of drug-likeness (QED) is 0.522. The van der Waals surface area contributed by atoms with Gasteiger partial charge in [0, 0.05) is 6.20 Å². The Balaban J connectivity index is 2.50. The van der Waals surface area contributed by atoms with Crippen molar-refractivity contribution in [1.29, 1.82) is 0 Å². The van der Waals surface area contributed by atoms with Crippen molar-refractivity contribution in [3.63, 3.8) is 0 Å². The molecule has 0 aliphatic rings. The molecule has 0 aliphatic heterocycles. The second kappa shape index (κ2) is 2.44. The van der Waals surface area contributed by atoms with Crippen molar-refractivity contribution in [3.8, 4) is 0 Å². The van der Waals surface area contributed by atoms with Crippen LogP contribution < -0.4 is 5.90 Å². The summed E-state index contributed by atoms with van der Waals surface area (Å²) in [6, 6.07) is 1.80. The highest BCUT2D eigenvalue weighted by molar-refractivity contribution is 4.94. The van der Waals surface area contributed by atoms with Crippen LogP contribution in [-0.2, 0) is 11.4 Å². The number of hydrogen-bond acceptors (Lipinski definition) is 3. The standard InChI is InChI=1S/C4H7N3O/c5-8-3-4-1-2-6-7-4/h1-2H,3,5H2,(H,6,7). The molecular weight excluding hydrogens is 106 g/mol. The maximum Gasteiger partial charge on any atom is 0.109 e. The second-order valence-corrected chi connectivity index (χ2v) is 1.39. The summed E-state index contributed by atoms with van der Waals surface area (Å²) in [7, 11) is 0. The molecule has 1 heterocycles. The van der Waals surface area contributed by atoms with E-state index in [0.29, 0.717) is 6.61 Å². The first-order valence-electron chi connectivity index (χ1n) is 2.23. The van der Waals surface area contributed by atoms with Gasteiger partial charge in [-0.25, -0.2) is 5.90 Å².